The number of hydrogen-bond acceptors (Lipinski definition) is 7. The summed E-state index contributed by atoms with van der Waals surface area (Å²) in [6, 6.07) is 7.76. The zero-order valence-corrected chi connectivity index (χ0v) is 15.2. The molecular formula is C15H17ClN2O3S2. The van der Waals surface area contributed by atoms with Gasteiger partial charge in [0, 0.05) is 22.3 Å². The topological polar surface area (TPSA) is 53.5 Å². The third-order valence-corrected chi connectivity index (χ3v) is 5.05. The van der Waals surface area contributed by atoms with Crippen molar-refractivity contribution < 1.29 is 14.2 Å². The fourth-order valence-corrected chi connectivity index (χ4v) is 3.64. The molecule has 2 aromatic rings. The highest BCUT2D eigenvalue weighted by atomic mass is 35.5. The van der Waals surface area contributed by atoms with E-state index < -0.39 is 5.79 Å². The first kappa shape index (κ1) is 17.0. The fourth-order valence-electron chi connectivity index (χ4n) is 2.05. The molecule has 1 aliphatic rings. The van der Waals surface area contributed by atoms with Crippen LogP contribution in [0.4, 0.5) is 0 Å². The van der Waals surface area contributed by atoms with Gasteiger partial charge in [0.2, 0.25) is 5.16 Å². The van der Waals surface area contributed by atoms with Gasteiger partial charge in [-0.3, -0.25) is 0 Å². The van der Waals surface area contributed by atoms with Gasteiger partial charge in [-0.1, -0.05) is 35.5 Å². The predicted octanol–water partition coefficient (Wildman–Crippen LogP) is 4.01. The lowest BCUT2D eigenvalue weighted by Crippen LogP contribution is -2.25. The van der Waals surface area contributed by atoms with Crippen molar-refractivity contribution in [1.29, 1.82) is 0 Å². The van der Waals surface area contributed by atoms with E-state index in [9.17, 15) is 0 Å². The molecule has 5 nitrogen and oxygen atoms in total. The van der Waals surface area contributed by atoms with Gasteiger partial charge in [0.25, 0.3) is 5.19 Å². The van der Waals surface area contributed by atoms with E-state index in [4.69, 9.17) is 25.8 Å². The van der Waals surface area contributed by atoms with Crippen LogP contribution >= 0.6 is 34.9 Å². The van der Waals surface area contributed by atoms with Crippen molar-refractivity contribution in [3.63, 3.8) is 0 Å². The molecule has 1 aliphatic heterocycles. The summed E-state index contributed by atoms with van der Waals surface area (Å²) in [4.78, 5) is 4.37. The molecule has 1 atom stereocenters. The minimum Gasteiger partial charge on any atom is -0.466 e. The fraction of sp³-hybridized carbons (Fsp3) is 0.467. The SMILES string of the molecule is CC1(C)OCC(COc2nc(SCc3ccc(Cl)cc3)ns2)O1. The van der Waals surface area contributed by atoms with Crippen LogP contribution in [0.5, 0.6) is 5.19 Å². The van der Waals surface area contributed by atoms with Crippen LogP contribution in [0.25, 0.3) is 0 Å². The van der Waals surface area contributed by atoms with E-state index in [1.165, 1.54) is 17.1 Å². The first-order valence-electron chi connectivity index (χ1n) is 7.16. The van der Waals surface area contributed by atoms with E-state index in [-0.39, 0.29) is 6.10 Å². The first-order chi connectivity index (χ1) is 11.0. The van der Waals surface area contributed by atoms with E-state index in [0.717, 1.165) is 10.8 Å². The second-order valence-corrected chi connectivity index (χ2v) is 7.61. The minimum atomic E-state index is -0.533. The van der Waals surface area contributed by atoms with Crippen LogP contribution in [0.15, 0.2) is 29.4 Å². The van der Waals surface area contributed by atoms with Crippen molar-refractivity contribution in [2.45, 2.75) is 36.6 Å². The molecule has 0 radical (unpaired) electrons. The zero-order chi connectivity index (χ0) is 16.3. The maximum Gasteiger partial charge on any atom is 0.294 e. The Kier molecular flexibility index (Phi) is 5.43. The van der Waals surface area contributed by atoms with Crippen molar-refractivity contribution in [3.8, 4) is 5.19 Å². The summed E-state index contributed by atoms with van der Waals surface area (Å²) in [5, 5.41) is 2.00. The molecule has 8 heteroatoms. The molecule has 0 N–H and O–H groups in total. The Balaban J connectivity index is 1.45. The lowest BCUT2D eigenvalue weighted by Gasteiger charge is -2.16. The minimum absolute atomic E-state index is 0.0703. The number of thioether (sulfide) groups is 1. The van der Waals surface area contributed by atoms with Crippen molar-refractivity contribution in [3.05, 3.63) is 34.9 Å². The number of aromatic nitrogens is 2. The molecule has 1 saturated heterocycles. The average Bonchev–Trinajstić information content (AvgIpc) is 3.11. The van der Waals surface area contributed by atoms with Gasteiger partial charge in [0.1, 0.15) is 12.7 Å². The standard InChI is InChI=1S/C15H17ClN2O3S2/c1-15(2)20-8-12(21-15)7-19-14-17-13(18-23-14)22-9-10-3-5-11(16)6-4-10/h3-6,12H,7-9H2,1-2H3. The van der Waals surface area contributed by atoms with Crippen LogP contribution in [0.3, 0.4) is 0 Å². The maximum atomic E-state index is 5.87. The lowest BCUT2D eigenvalue weighted by molar-refractivity contribution is -0.141. The Morgan fingerprint density at radius 3 is 2.87 bits per heavy atom. The number of hydrogen-bond donors (Lipinski definition) is 0. The Morgan fingerprint density at radius 1 is 1.39 bits per heavy atom. The predicted molar refractivity (Wildman–Crippen MR) is 91.3 cm³/mol. The number of ether oxygens (including phenoxy) is 3. The molecule has 1 aromatic heterocycles. The average molecular weight is 373 g/mol. The normalized spacial score (nSPS) is 19.9. The third-order valence-electron chi connectivity index (χ3n) is 3.13. The number of benzene rings is 1. The summed E-state index contributed by atoms with van der Waals surface area (Å²) >= 11 is 8.69. The van der Waals surface area contributed by atoms with Crippen LogP contribution in [-0.2, 0) is 15.2 Å². The van der Waals surface area contributed by atoms with E-state index in [0.29, 0.717) is 23.6 Å². The van der Waals surface area contributed by atoms with Crippen molar-refractivity contribution in [2.75, 3.05) is 13.2 Å². The molecule has 1 aromatic carbocycles. The zero-order valence-electron chi connectivity index (χ0n) is 12.8. The van der Waals surface area contributed by atoms with Crippen LogP contribution in [0.2, 0.25) is 5.02 Å². The molecule has 1 unspecified atom stereocenters. The number of halogens is 1. The number of nitrogens with zero attached hydrogens (tertiary/aromatic N) is 2. The van der Waals surface area contributed by atoms with E-state index in [1.54, 1.807) is 11.8 Å². The van der Waals surface area contributed by atoms with E-state index in [1.807, 2.05) is 38.1 Å². The lowest BCUT2D eigenvalue weighted by atomic mass is 10.2. The number of rotatable bonds is 6. The van der Waals surface area contributed by atoms with Gasteiger partial charge in [-0.2, -0.15) is 9.36 Å². The van der Waals surface area contributed by atoms with E-state index >= 15 is 0 Å². The van der Waals surface area contributed by atoms with Gasteiger partial charge in [-0.15, -0.1) is 0 Å². The molecule has 23 heavy (non-hydrogen) atoms. The summed E-state index contributed by atoms with van der Waals surface area (Å²) in [6.45, 7) is 4.73. The highest BCUT2D eigenvalue weighted by Crippen LogP contribution is 2.27. The summed E-state index contributed by atoms with van der Waals surface area (Å²) in [6.07, 6.45) is -0.0703. The highest BCUT2D eigenvalue weighted by molar-refractivity contribution is 7.98. The second-order valence-electron chi connectivity index (χ2n) is 5.52. The van der Waals surface area contributed by atoms with Crippen molar-refractivity contribution >= 4 is 34.9 Å². The largest absolute Gasteiger partial charge is 0.466 e. The first-order valence-corrected chi connectivity index (χ1v) is 9.29. The molecular weight excluding hydrogens is 356 g/mol. The van der Waals surface area contributed by atoms with E-state index in [2.05, 4.69) is 9.36 Å². The molecule has 2 heterocycles. The summed E-state index contributed by atoms with van der Waals surface area (Å²) in [7, 11) is 0. The smallest absolute Gasteiger partial charge is 0.294 e. The Bertz CT molecular complexity index is 648. The third kappa shape index (κ3) is 5.06. The van der Waals surface area contributed by atoms with Gasteiger partial charge >= 0.3 is 0 Å². The molecule has 0 saturated carbocycles. The highest BCUT2D eigenvalue weighted by Gasteiger charge is 2.33. The maximum absolute atomic E-state index is 5.87. The van der Waals surface area contributed by atoms with Crippen LogP contribution in [0, 0.1) is 0 Å². The quantitative estimate of drug-likeness (QED) is 0.714. The molecule has 0 spiro atoms. The molecule has 1 fully saturated rings. The van der Waals surface area contributed by atoms with Gasteiger partial charge in [0.05, 0.1) is 6.61 Å². The summed E-state index contributed by atoms with van der Waals surface area (Å²) < 4.78 is 21.1. The van der Waals surface area contributed by atoms with Crippen LogP contribution < -0.4 is 4.74 Å². The van der Waals surface area contributed by atoms with Gasteiger partial charge in [-0.05, 0) is 31.5 Å². The molecule has 3 rings (SSSR count). The van der Waals surface area contributed by atoms with Crippen LogP contribution in [0.1, 0.15) is 19.4 Å². The second kappa shape index (κ2) is 7.36. The Hall–Kier alpha value is -0.860. The monoisotopic (exact) mass is 372 g/mol. The van der Waals surface area contributed by atoms with Crippen molar-refractivity contribution in [2.24, 2.45) is 0 Å². The van der Waals surface area contributed by atoms with Crippen molar-refractivity contribution in [1.82, 2.24) is 9.36 Å². The van der Waals surface area contributed by atoms with Gasteiger partial charge < -0.3 is 14.2 Å². The summed E-state index contributed by atoms with van der Waals surface area (Å²) in [5.41, 5.74) is 1.18. The molecule has 124 valence electrons. The Labute approximate surface area is 148 Å². The Morgan fingerprint density at radius 2 is 2.17 bits per heavy atom. The molecule has 0 aliphatic carbocycles. The summed E-state index contributed by atoms with van der Waals surface area (Å²) in [5.74, 6) is 0.260. The van der Waals surface area contributed by atoms with Gasteiger partial charge in [0.15, 0.2) is 5.79 Å². The molecule has 0 bridgehead atoms. The molecule has 0 amide bonds. The van der Waals surface area contributed by atoms with Gasteiger partial charge in [-0.25, -0.2) is 0 Å². The van der Waals surface area contributed by atoms with Crippen LogP contribution in [-0.4, -0.2) is 34.5 Å².